The first-order valence-electron chi connectivity index (χ1n) is 9.04. The molecule has 2 aromatic carbocycles. The Morgan fingerprint density at radius 2 is 1.77 bits per heavy atom. The van der Waals surface area contributed by atoms with Gasteiger partial charge >= 0.3 is 6.03 Å². The fourth-order valence-electron chi connectivity index (χ4n) is 2.80. The summed E-state index contributed by atoms with van der Waals surface area (Å²) >= 11 is 7.49. The summed E-state index contributed by atoms with van der Waals surface area (Å²) in [6.07, 6.45) is 2.43. The molecule has 0 saturated heterocycles. The average molecular weight is 438 g/mol. The monoisotopic (exact) mass is 437 g/mol. The van der Waals surface area contributed by atoms with Crippen LogP contribution >= 0.6 is 22.9 Å². The van der Waals surface area contributed by atoms with Crippen molar-refractivity contribution in [3.8, 4) is 11.3 Å². The molecule has 30 heavy (non-hydrogen) atoms. The Morgan fingerprint density at radius 1 is 1.00 bits per heavy atom. The Labute approximate surface area is 181 Å². The van der Waals surface area contributed by atoms with E-state index < -0.39 is 11.9 Å². The summed E-state index contributed by atoms with van der Waals surface area (Å²) in [5.74, 6) is -0.215. The van der Waals surface area contributed by atoms with Gasteiger partial charge in [-0.25, -0.2) is 9.78 Å². The molecule has 0 spiro atoms. The van der Waals surface area contributed by atoms with Gasteiger partial charge in [-0.3, -0.25) is 15.4 Å². The summed E-state index contributed by atoms with van der Waals surface area (Å²) in [6, 6.07) is 19.5. The van der Waals surface area contributed by atoms with E-state index in [1.165, 1.54) is 17.4 Å². The molecule has 0 aliphatic carbocycles. The Morgan fingerprint density at radius 3 is 2.57 bits per heavy atom. The van der Waals surface area contributed by atoms with Crippen LogP contribution in [0.4, 0.5) is 9.93 Å². The zero-order valence-corrected chi connectivity index (χ0v) is 17.2. The summed E-state index contributed by atoms with van der Waals surface area (Å²) in [4.78, 5) is 29.6. The first-order valence-corrected chi connectivity index (χ1v) is 10.2. The van der Waals surface area contributed by atoms with Crippen molar-refractivity contribution in [3.05, 3.63) is 94.2 Å². The second-order valence-electron chi connectivity index (χ2n) is 6.35. The molecule has 2 N–H and O–H groups in total. The number of aromatic nitrogens is 1. The lowest BCUT2D eigenvalue weighted by molar-refractivity contribution is 0.0940. The number of nitrogens with zero attached hydrogens (tertiary/aromatic N) is 1. The van der Waals surface area contributed by atoms with E-state index in [1.54, 1.807) is 30.5 Å². The third-order valence-electron chi connectivity index (χ3n) is 4.19. The molecule has 0 unspecified atom stereocenters. The molecule has 2 heterocycles. The fraction of sp³-hybridized carbons (Fsp3) is 0.0455. The van der Waals surface area contributed by atoms with Crippen LogP contribution in [0.25, 0.3) is 11.3 Å². The molecule has 4 rings (SSSR count). The molecule has 8 heteroatoms. The maximum Gasteiger partial charge on any atom is 0.328 e. The molecule has 4 aromatic rings. The topological polar surface area (TPSA) is 84.2 Å². The van der Waals surface area contributed by atoms with Crippen molar-refractivity contribution < 1.29 is 14.0 Å². The molecular weight excluding hydrogens is 422 g/mol. The molecule has 0 radical (unpaired) electrons. The third kappa shape index (κ3) is 4.76. The van der Waals surface area contributed by atoms with Crippen molar-refractivity contribution in [3.63, 3.8) is 0 Å². The second-order valence-corrected chi connectivity index (χ2v) is 7.87. The Kier molecular flexibility index (Phi) is 5.92. The number of carbonyl (C=O) groups is 2. The minimum atomic E-state index is -0.684. The van der Waals surface area contributed by atoms with E-state index in [0.29, 0.717) is 21.5 Å². The van der Waals surface area contributed by atoms with Crippen LogP contribution in [0, 0.1) is 0 Å². The van der Waals surface area contributed by atoms with Gasteiger partial charge in [0.15, 0.2) is 10.9 Å². The molecular formula is C22H16ClN3O3S. The Bertz CT molecular complexity index is 1190. The van der Waals surface area contributed by atoms with Crippen LogP contribution in [-0.4, -0.2) is 16.9 Å². The number of anilines is 1. The van der Waals surface area contributed by atoms with E-state index >= 15 is 0 Å². The molecule has 0 aliphatic heterocycles. The highest BCUT2D eigenvalue weighted by molar-refractivity contribution is 7.15. The Balaban J connectivity index is 1.35. The van der Waals surface area contributed by atoms with Gasteiger partial charge in [0.05, 0.1) is 5.02 Å². The normalized spacial score (nSPS) is 10.6. The predicted octanol–water partition coefficient (Wildman–Crippen LogP) is 5.61. The lowest BCUT2D eigenvalue weighted by atomic mass is 10.1. The first-order chi connectivity index (χ1) is 14.6. The molecule has 0 aliphatic rings. The van der Waals surface area contributed by atoms with Crippen LogP contribution in [0.2, 0.25) is 5.02 Å². The molecule has 6 nitrogen and oxygen atoms in total. The van der Waals surface area contributed by atoms with E-state index in [1.807, 2.05) is 36.4 Å². The van der Waals surface area contributed by atoms with Crippen molar-refractivity contribution in [2.75, 3.05) is 5.32 Å². The van der Waals surface area contributed by atoms with Gasteiger partial charge < -0.3 is 4.42 Å². The van der Waals surface area contributed by atoms with E-state index in [9.17, 15) is 9.59 Å². The van der Waals surface area contributed by atoms with E-state index in [0.717, 1.165) is 16.9 Å². The van der Waals surface area contributed by atoms with Gasteiger partial charge in [0.2, 0.25) is 0 Å². The average Bonchev–Trinajstić information content (AvgIpc) is 3.39. The second kappa shape index (κ2) is 8.94. The van der Waals surface area contributed by atoms with Crippen LogP contribution in [0.3, 0.4) is 0 Å². The van der Waals surface area contributed by atoms with Gasteiger partial charge in [0.25, 0.3) is 5.91 Å². The lowest BCUT2D eigenvalue weighted by Gasteiger charge is -2.03. The van der Waals surface area contributed by atoms with Gasteiger partial charge in [-0.1, -0.05) is 54.1 Å². The van der Waals surface area contributed by atoms with Crippen molar-refractivity contribution in [2.45, 2.75) is 6.42 Å². The van der Waals surface area contributed by atoms with Crippen LogP contribution in [0.1, 0.15) is 21.0 Å². The number of rotatable bonds is 5. The highest BCUT2D eigenvalue weighted by atomic mass is 35.5. The number of nitrogens with one attached hydrogen (secondary N) is 2. The van der Waals surface area contributed by atoms with E-state index in [-0.39, 0.29) is 5.76 Å². The zero-order valence-electron chi connectivity index (χ0n) is 15.6. The molecule has 0 saturated carbocycles. The quantitative estimate of drug-likeness (QED) is 0.425. The summed E-state index contributed by atoms with van der Waals surface area (Å²) < 4.78 is 5.54. The number of hydrogen-bond donors (Lipinski definition) is 2. The predicted molar refractivity (Wildman–Crippen MR) is 117 cm³/mol. The SMILES string of the molecule is O=C(NC(=O)c1ccc(-c2ccccc2Cl)o1)Nc1ncc(Cc2ccccc2)s1. The van der Waals surface area contributed by atoms with E-state index in [4.69, 9.17) is 16.0 Å². The maximum atomic E-state index is 12.3. The molecule has 0 fully saturated rings. The van der Waals surface area contributed by atoms with Gasteiger partial charge in [-0.05, 0) is 29.8 Å². The van der Waals surface area contributed by atoms with Crippen LogP contribution < -0.4 is 10.6 Å². The van der Waals surface area contributed by atoms with Crippen molar-refractivity contribution in [2.24, 2.45) is 0 Å². The number of imide groups is 1. The number of thiazole rings is 1. The van der Waals surface area contributed by atoms with Gasteiger partial charge in [0, 0.05) is 23.1 Å². The van der Waals surface area contributed by atoms with Gasteiger partial charge in [-0.2, -0.15) is 0 Å². The molecule has 3 amide bonds. The maximum absolute atomic E-state index is 12.3. The van der Waals surface area contributed by atoms with Crippen molar-refractivity contribution in [1.82, 2.24) is 10.3 Å². The summed E-state index contributed by atoms with van der Waals surface area (Å²) in [6.45, 7) is 0. The van der Waals surface area contributed by atoms with Crippen LogP contribution in [0.5, 0.6) is 0 Å². The number of hydrogen-bond acceptors (Lipinski definition) is 5. The van der Waals surface area contributed by atoms with Crippen molar-refractivity contribution in [1.29, 1.82) is 0 Å². The minimum absolute atomic E-state index is 0.00368. The number of halogens is 1. The molecule has 0 atom stereocenters. The van der Waals surface area contributed by atoms with Gasteiger partial charge in [0.1, 0.15) is 5.76 Å². The van der Waals surface area contributed by atoms with Crippen LogP contribution in [-0.2, 0) is 6.42 Å². The van der Waals surface area contributed by atoms with Gasteiger partial charge in [-0.15, -0.1) is 11.3 Å². The van der Waals surface area contributed by atoms with E-state index in [2.05, 4.69) is 15.6 Å². The van der Waals surface area contributed by atoms with Crippen LogP contribution in [0.15, 0.2) is 77.3 Å². The highest BCUT2D eigenvalue weighted by Crippen LogP contribution is 2.29. The number of furan rings is 1. The minimum Gasteiger partial charge on any atom is -0.451 e. The molecule has 150 valence electrons. The zero-order chi connectivity index (χ0) is 20.9. The standard InChI is InChI=1S/C22H16ClN3O3S/c23-17-9-5-4-8-16(17)18-10-11-19(29-18)20(27)25-21(28)26-22-24-13-15(30-22)12-14-6-2-1-3-7-14/h1-11,13H,12H2,(H2,24,25,26,27,28). The summed E-state index contributed by atoms with van der Waals surface area (Å²) in [7, 11) is 0. The highest BCUT2D eigenvalue weighted by Gasteiger charge is 2.17. The number of carbonyl (C=O) groups excluding carboxylic acids is 2. The largest absolute Gasteiger partial charge is 0.451 e. The molecule has 0 bridgehead atoms. The lowest BCUT2D eigenvalue weighted by Crippen LogP contribution is -2.34. The fourth-order valence-corrected chi connectivity index (χ4v) is 3.87. The smallest absolute Gasteiger partial charge is 0.328 e. The number of amides is 3. The summed E-state index contributed by atoms with van der Waals surface area (Å²) in [5, 5.41) is 5.72. The number of benzene rings is 2. The first kappa shape index (κ1) is 19.9. The van der Waals surface area contributed by atoms with Crippen molar-refractivity contribution >= 4 is 40.0 Å². The summed E-state index contributed by atoms with van der Waals surface area (Å²) in [5.41, 5.74) is 1.82. The molecule has 2 aromatic heterocycles. The third-order valence-corrected chi connectivity index (χ3v) is 5.43. The number of urea groups is 1. The Hall–Kier alpha value is -3.42.